The number of hydrogen-bond donors (Lipinski definition) is 0. The molecule has 0 unspecified atom stereocenters. The van der Waals surface area contributed by atoms with Gasteiger partial charge in [0.2, 0.25) is 0 Å². The Hall–Kier alpha value is -3.05. The summed E-state index contributed by atoms with van der Waals surface area (Å²) in [5.41, 5.74) is 2.84. The number of imide groups is 1. The maximum Gasteiger partial charge on any atom is 0.293 e. The quantitative estimate of drug-likeness (QED) is 0.561. The zero-order chi connectivity index (χ0) is 19.7. The lowest BCUT2D eigenvalue weighted by Crippen LogP contribution is -2.27. The highest BCUT2D eigenvalue weighted by atomic mass is 32.2. The van der Waals surface area contributed by atoms with E-state index >= 15 is 0 Å². The lowest BCUT2D eigenvalue weighted by molar-refractivity contribution is -0.123. The van der Waals surface area contributed by atoms with Gasteiger partial charge in [0.15, 0.2) is 0 Å². The summed E-state index contributed by atoms with van der Waals surface area (Å²) in [5, 5.41) is 1.78. The minimum Gasteiger partial charge on any atom is -0.496 e. The maximum atomic E-state index is 12.9. The molecule has 1 fully saturated rings. The fourth-order valence-corrected chi connectivity index (χ4v) is 4.18. The van der Waals surface area contributed by atoms with E-state index in [-0.39, 0.29) is 17.7 Å². The lowest BCUT2D eigenvalue weighted by Gasteiger charge is -2.13. The second-order valence-corrected chi connectivity index (χ2v) is 7.65. The molecule has 3 aromatic carbocycles. The van der Waals surface area contributed by atoms with Gasteiger partial charge in [0.25, 0.3) is 11.1 Å². The number of amides is 2. The molecule has 1 aliphatic rings. The molecule has 0 aliphatic carbocycles. The standard InChI is InChI=1S/C23H19NO3S/c1-15-6-5-7-16(12-15)14-24-22(25)21(28-23(24)26)13-19-18-9-4-3-8-17(18)10-11-20(19)27-2/h3-13H,14H2,1-2H3/b21-13+. The summed E-state index contributed by atoms with van der Waals surface area (Å²) >= 11 is 0.971. The Balaban J connectivity index is 1.71. The Kier molecular flexibility index (Phi) is 4.92. The predicted molar refractivity (Wildman–Crippen MR) is 113 cm³/mol. The van der Waals surface area contributed by atoms with Crippen LogP contribution in [0.5, 0.6) is 5.75 Å². The van der Waals surface area contributed by atoms with Crippen LogP contribution in [0.25, 0.3) is 16.8 Å². The Morgan fingerprint density at radius 1 is 1.04 bits per heavy atom. The number of carbonyl (C=O) groups is 2. The number of carbonyl (C=O) groups excluding carboxylic acids is 2. The molecule has 0 saturated carbocycles. The van der Waals surface area contributed by atoms with Crippen molar-refractivity contribution in [3.63, 3.8) is 0 Å². The summed E-state index contributed by atoms with van der Waals surface area (Å²) in [7, 11) is 1.60. The van der Waals surface area contributed by atoms with Gasteiger partial charge in [0, 0.05) is 5.56 Å². The third-order valence-electron chi connectivity index (χ3n) is 4.72. The number of aryl methyl sites for hydroxylation is 1. The first-order chi connectivity index (χ1) is 13.6. The normalized spacial score (nSPS) is 15.6. The van der Waals surface area contributed by atoms with Crippen molar-refractivity contribution in [3.8, 4) is 5.75 Å². The van der Waals surface area contributed by atoms with Crippen molar-refractivity contribution in [2.75, 3.05) is 7.11 Å². The second-order valence-electron chi connectivity index (χ2n) is 6.66. The summed E-state index contributed by atoms with van der Waals surface area (Å²) in [5.74, 6) is 0.399. The molecule has 0 spiro atoms. The van der Waals surface area contributed by atoms with Gasteiger partial charge < -0.3 is 4.74 Å². The first-order valence-electron chi connectivity index (χ1n) is 8.93. The molecular weight excluding hydrogens is 370 g/mol. The molecule has 4 rings (SSSR count). The molecule has 1 aliphatic heterocycles. The largest absolute Gasteiger partial charge is 0.496 e. The number of methoxy groups -OCH3 is 1. The minimum absolute atomic E-state index is 0.253. The molecule has 0 bridgehead atoms. The molecule has 140 valence electrons. The van der Waals surface area contributed by atoms with Crippen LogP contribution in [-0.2, 0) is 11.3 Å². The van der Waals surface area contributed by atoms with Crippen LogP contribution in [0, 0.1) is 6.92 Å². The SMILES string of the molecule is COc1ccc2ccccc2c1/C=C1/SC(=O)N(Cc2cccc(C)c2)C1=O. The van der Waals surface area contributed by atoms with Crippen molar-refractivity contribution in [2.45, 2.75) is 13.5 Å². The van der Waals surface area contributed by atoms with E-state index in [1.54, 1.807) is 13.2 Å². The molecule has 1 heterocycles. The summed E-state index contributed by atoms with van der Waals surface area (Å²) in [6, 6.07) is 19.6. The Bertz CT molecular complexity index is 1120. The van der Waals surface area contributed by atoms with E-state index in [1.165, 1.54) is 4.90 Å². The molecule has 4 nitrogen and oxygen atoms in total. The van der Waals surface area contributed by atoms with Gasteiger partial charge in [-0.2, -0.15) is 0 Å². The Morgan fingerprint density at radius 2 is 1.86 bits per heavy atom. The number of benzene rings is 3. The molecule has 2 amide bonds. The fraction of sp³-hybridized carbons (Fsp3) is 0.130. The zero-order valence-electron chi connectivity index (χ0n) is 15.6. The Labute approximate surface area is 167 Å². The summed E-state index contributed by atoms with van der Waals surface area (Å²) in [6.07, 6.45) is 1.77. The highest BCUT2D eigenvalue weighted by Gasteiger charge is 2.35. The Morgan fingerprint density at radius 3 is 2.64 bits per heavy atom. The molecule has 28 heavy (non-hydrogen) atoms. The number of ether oxygens (including phenoxy) is 1. The molecule has 5 heteroatoms. The highest BCUT2D eigenvalue weighted by Crippen LogP contribution is 2.37. The number of hydrogen-bond acceptors (Lipinski definition) is 4. The van der Waals surface area contributed by atoms with Gasteiger partial charge >= 0.3 is 0 Å². The topological polar surface area (TPSA) is 46.6 Å². The van der Waals surface area contributed by atoms with E-state index in [4.69, 9.17) is 4.74 Å². The first kappa shape index (κ1) is 18.3. The molecule has 3 aromatic rings. The van der Waals surface area contributed by atoms with Gasteiger partial charge in [-0.3, -0.25) is 14.5 Å². The zero-order valence-corrected chi connectivity index (χ0v) is 16.5. The molecule has 0 aromatic heterocycles. The van der Waals surface area contributed by atoms with Gasteiger partial charge in [-0.15, -0.1) is 0 Å². The van der Waals surface area contributed by atoms with Crippen LogP contribution < -0.4 is 4.74 Å². The molecule has 1 saturated heterocycles. The van der Waals surface area contributed by atoms with Crippen LogP contribution in [0.1, 0.15) is 16.7 Å². The van der Waals surface area contributed by atoms with Crippen LogP contribution in [0.4, 0.5) is 4.79 Å². The van der Waals surface area contributed by atoms with Crippen LogP contribution in [-0.4, -0.2) is 23.2 Å². The number of rotatable bonds is 4. The van der Waals surface area contributed by atoms with Crippen molar-refractivity contribution < 1.29 is 14.3 Å². The lowest BCUT2D eigenvalue weighted by atomic mass is 10.0. The third kappa shape index (κ3) is 3.41. The highest BCUT2D eigenvalue weighted by molar-refractivity contribution is 8.18. The monoisotopic (exact) mass is 389 g/mol. The predicted octanol–water partition coefficient (Wildman–Crippen LogP) is 5.39. The summed E-state index contributed by atoms with van der Waals surface area (Å²) < 4.78 is 5.50. The van der Waals surface area contributed by atoms with Crippen LogP contribution in [0.3, 0.4) is 0 Å². The average molecular weight is 389 g/mol. The van der Waals surface area contributed by atoms with Crippen molar-refractivity contribution >= 4 is 39.8 Å². The first-order valence-corrected chi connectivity index (χ1v) is 9.75. The smallest absolute Gasteiger partial charge is 0.293 e. The number of thioether (sulfide) groups is 1. The van der Waals surface area contributed by atoms with Crippen molar-refractivity contribution in [1.82, 2.24) is 4.90 Å². The van der Waals surface area contributed by atoms with Gasteiger partial charge in [-0.05, 0) is 47.2 Å². The number of nitrogens with zero attached hydrogens (tertiary/aromatic N) is 1. The van der Waals surface area contributed by atoms with Crippen LogP contribution in [0.2, 0.25) is 0 Å². The third-order valence-corrected chi connectivity index (χ3v) is 5.63. The van der Waals surface area contributed by atoms with E-state index in [9.17, 15) is 9.59 Å². The van der Waals surface area contributed by atoms with Crippen LogP contribution in [0.15, 0.2) is 65.6 Å². The van der Waals surface area contributed by atoms with Crippen LogP contribution >= 0.6 is 11.8 Å². The fourth-order valence-electron chi connectivity index (χ4n) is 3.36. The molecule has 0 atom stereocenters. The second kappa shape index (κ2) is 7.52. The molecular formula is C23H19NO3S. The van der Waals surface area contributed by atoms with Crippen molar-refractivity contribution in [3.05, 3.63) is 82.3 Å². The van der Waals surface area contributed by atoms with E-state index in [2.05, 4.69) is 0 Å². The van der Waals surface area contributed by atoms with Crippen molar-refractivity contribution in [1.29, 1.82) is 0 Å². The molecule has 0 radical (unpaired) electrons. The maximum absolute atomic E-state index is 12.9. The van der Waals surface area contributed by atoms with Gasteiger partial charge in [0.05, 0.1) is 18.6 Å². The van der Waals surface area contributed by atoms with Gasteiger partial charge in [0.1, 0.15) is 5.75 Å². The average Bonchev–Trinajstić information content (AvgIpc) is 2.96. The minimum atomic E-state index is -0.272. The van der Waals surface area contributed by atoms with E-state index < -0.39 is 0 Å². The van der Waals surface area contributed by atoms with E-state index in [0.29, 0.717) is 10.7 Å². The van der Waals surface area contributed by atoms with Gasteiger partial charge in [-0.1, -0.05) is 60.2 Å². The van der Waals surface area contributed by atoms with E-state index in [0.717, 1.165) is 39.2 Å². The van der Waals surface area contributed by atoms with Gasteiger partial charge in [-0.25, -0.2) is 0 Å². The van der Waals surface area contributed by atoms with E-state index in [1.807, 2.05) is 67.6 Å². The summed E-state index contributed by atoms with van der Waals surface area (Å²) in [4.78, 5) is 27.1. The number of fused-ring (bicyclic) bond motifs is 1. The van der Waals surface area contributed by atoms with Crippen molar-refractivity contribution in [2.24, 2.45) is 0 Å². The summed E-state index contributed by atoms with van der Waals surface area (Å²) in [6.45, 7) is 2.26. The molecule has 0 N–H and O–H groups in total.